The standard InChI is InChI=1S/C25H25N5O3S/c1-17-5-3-4-6-21(17)23-27-30-22(31)15-19(26-25(30)34-23)16-28-11-13-29(14-12-28)24(32)18-7-9-20(33-2)10-8-18/h3-10,15H,11-14,16H2,1-2H3. The molecule has 0 atom stereocenters. The second kappa shape index (κ2) is 9.36. The highest BCUT2D eigenvalue weighted by atomic mass is 32.1. The third-order valence-electron chi connectivity index (χ3n) is 6.06. The van der Waals surface area contributed by atoms with Crippen LogP contribution in [0, 0.1) is 6.92 Å². The van der Waals surface area contributed by atoms with Crippen LogP contribution in [0.2, 0.25) is 0 Å². The van der Waals surface area contributed by atoms with Gasteiger partial charge in [0, 0.05) is 49.9 Å². The Bertz CT molecular complexity index is 1390. The zero-order valence-electron chi connectivity index (χ0n) is 19.1. The molecule has 1 fully saturated rings. The number of methoxy groups -OCH3 is 1. The van der Waals surface area contributed by atoms with E-state index in [2.05, 4.69) is 10.00 Å². The number of rotatable bonds is 5. The normalized spacial score (nSPS) is 14.5. The minimum Gasteiger partial charge on any atom is -0.497 e. The van der Waals surface area contributed by atoms with Crippen molar-refractivity contribution in [2.24, 2.45) is 0 Å². The van der Waals surface area contributed by atoms with Gasteiger partial charge in [-0.1, -0.05) is 35.6 Å². The summed E-state index contributed by atoms with van der Waals surface area (Å²) in [5.74, 6) is 0.752. The zero-order chi connectivity index (χ0) is 23.7. The molecule has 2 aromatic carbocycles. The highest BCUT2D eigenvalue weighted by molar-refractivity contribution is 7.19. The first kappa shape index (κ1) is 22.2. The molecule has 4 aromatic rings. The van der Waals surface area contributed by atoms with Crippen molar-refractivity contribution in [3.05, 3.63) is 81.8 Å². The van der Waals surface area contributed by atoms with Crippen molar-refractivity contribution in [3.63, 3.8) is 0 Å². The Morgan fingerprint density at radius 2 is 1.79 bits per heavy atom. The quantitative estimate of drug-likeness (QED) is 0.441. The topological polar surface area (TPSA) is 80.0 Å². The summed E-state index contributed by atoms with van der Waals surface area (Å²) in [4.78, 5) is 34.9. The van der Waals surface area contributed by atoms with E-state index < -0.39 is 0 Å². The molecule has 1 aliphatic heterocycles. The first-order valence-electron chi connectivity index (χ1n) is 11.1. The lowest BCUT2D eigenvalue weighted by atomic mass is 10.1. The van der Waals surface area contributed by atoms with Crippen molar-refractivity contribution >= 4 is 22.2 Å². The van der Waals surface area contributed by atoms with Crippen molar-refractivity contribution in [1.29, 1.82) is 0 Å². The molecule has 2 aromatic heterocycles. The molecule has 1 amide bonds. The molecule has 0 bridgehead atoms. The van der Waals surface area contributed by atoms with Gasteiger partial charge < -0.3 is 9.64 Å². The van der Waals surface area contributed by atoms with Crippen molar-refractivity contribution in [2.45, 2.75) is 13.5 Å². The van der Waals surface area contributed by atoms with Crippen LogP contribution in [-0.2, 0) is 6.54 Å². The number of hydrogen-bond acceptors (Lipinski definition) is 7. The number of aromatic nitrogens is 3. The summed E-state index contributed by atoms with van der Waals surface area (Å²) in [5, 5.41) is 5.28. The van der Waals surface area contributed by atoms with Crippen LogP contribution in [0.4, 0.5) is 0 Å². The van der Waals surface area contributed by atoms with Gasteiger partial charge in [-0.3, -0.25) is 14.5 Å². The summed E-state index contributed by atoms with van der Waals surface area (Å²) in [7, 11) is 1.61. The fourth-order valence-electron chi connectivity index (χ4n) is 4.11. The monoisotopic (exact) mass is 475 g/mol. The third-order valence-corrected chi connectivity index (χ3v) is 7.00. The minimum absolute atomic E-state index is 0.0217. The Kier molecular flexibility index (Phi) is 6.12. The van der Waals surface area contributed by atoms with Crippen LogP contribution in [0.3, 0.4) is 0 Å². The number of fused-ring (bicyclic) bond motifs is 1. The van der Waals surface area contributed by atoms with E-state index in [1.54, 1.807) is 37.4 Å². The van der Waals surface area contributed by atoms with Gasteiger partial charge in [-0.15, -0.1) is 0 Å². The van der Waals surface area contributed by atoms with Gasteiger partial charge in [0.05, 0.1) is 12.8 Å². The summed E-state index contributed by atoms with van der Waals surface area (Å²) in [5.41, 5.74) is 3.32. The average Bonchev–Trinajstić information content (AvgIpc) is 3.29. The van der Waals surface area contributed by atoms with Crippen molar-refractivity contribution < 1.29 is 9.53 Å². The molecule has 0 radical (unpaired) electrons. The smallest absolute Gasteiger partial charge is 0.275 e. The van der Waals surface area contributed by atoms with Gasteiger partial charge in [-0.2, -0.15) is 9.61 Å². The summed E-state index contributed by atoms with van der Waals surface area (Å²) in [6.45, 7) is 5.30. The molecular formula is C25H25N5O3S. The Morgan fingerprint density at radius 3 is 2.50 bits per heavy atom. The van der Waals surface area contributed by atoms with Crippen LogP contribution in [-0.4, -0.2) is 63.6 Å². The molecule has 0 aliphatic carbocycles. The molecule has 9 heteroatoms. The molecular weight excluding hydrogens is 450 g/mol. The second-order valence-corrected chi connectivity index (χ2v) is 9.26. The van der Waals surface area contributed by atoms with Gasteiger partial charge in [0.15, 0.2) is 0 Å². The number of carbonyl (C=O) groups is 1. The number of benzene rings is 2. The molecule has 0 unspecified atom stereocenters. The average molecular weight is 476 g/mol. The van der Waals surface area contributed by atoms with Crippen LogP contribution in [0.25, 0.3) is 15.5 Å². The van der Waals surface area contributed by atoms with E-state index in [0.717, 1.165) is 40.7 Å². The van der Waals surface area contributed by atoms with E-state index in [-0.39, 0.29) is 11.5 Å². The molecule has 34 heavy (non-hydrogen) atoms. The van der Waals surface area contributed by atoms with Crippen LogP contribution >= 0.6 is 11.3 Å². The molecule has 8 nitrogen and oxygen atoms in total. The first-order valence-corrected chi connectivity index (χ1v) is 11.9. The number of ether oxygens (including phenoxy) is 1. The van der Waals surface area contributed by atoms with Crippen molar-refractivity contribution in [3.8, 4) is 16.3 Å². The minimum atomic E-state index is -0.176. The molecule has 1 aliphatic rings. The van der Waals surface area contributed by atoms with Crippen LogP contribution < -0.4 is 10.3 Å². The fraction of sp³-hybridized carbons (Fsp3) is 0.280. The van der Waals surface area contributed by atoms with Crippen LogP contribution in [0.5, 0.6) is 5.75 Å². The molecule has 3 heterocycles. The van der Waals surface area contributed by atoms with E-state index >= 15 is 0 Å². The number of hydrogen-bond donors (Lipinski definition) is 0. The maximum absolute atomic E-state index is 12.8. The highest BCUT2D eigenvalue weighted by Crippen LogP contribution is 2.27. The third kappa shape index (κ3) is 4.44. The number of amides is 1. The highest BCUT2D eigenvalue weighted by Gasteiger charge is 2.23. The number of carbonyl (C=O) groups excluding carboxylic acids is 1. The van der Waals surface area contributed by atoms with E-state index in [1.165, 1.54) is 15.9 Å². The number of nitrogens with zero attached hydrogens (tertiary/aromatic N) is 5. The Balaban J connectivity index is 1.26. The molecule has 0 spiro atoms. The number of piperazine rings is 1. The van der Waals surface area contributed by atoms with Gasteiger partial charge in [0.2, 0.25) is 4.96 Å². The second-order valence-electron chi connectivity index (χ2n) is 8.30. The van der Waals surface area contributed by atoms with Crippen LogP contribution in [0.1, 0.15) is 21.6 Å². The summed E-state index contributed by atoms with van der Waals surface area (Å²) < 4.78 is 6.54. The largest absolute Gasteiger partial charge is 0.497 e. The summed E-state index contributed by atoms with van der Waals surface area (Å²) in [6.07, 6.45) is 0. The van der Waals surface area contributed by atoms with Gasteiger partial charge in [0.25, 0.3) is 11.5 Å². The summed E-state index contributed by atoms with van der Waals surface area (Å²) in [6, 6.07) is 16.7. The van der Waals surface area contributed by atoms with E-state index in [4.69, 9.17) is 9.72 Å². The predicted molar refractivity (Wildman–Crippen MR) is 131 cm³/mol. The first-order chi connectivity index (χ1) is 16.5. The SMILES string of the molecule is COc1ccc(C(=O)N2CCN(Cc3cc(=O)n4nc(-c5ccccc5C)sc4n3)CC2)cc1. The summed E-state index contributed by atoms with van der Waals surface area (Å²) >= 11 is 1.42. The van der Waals surface area contributed by atoms with Crippen LogP contribution in [0.15, 0.2) is 59.4 Å². The van der Waals surface area contributed by atoms with E-state index in [0.29, 0.717) is 30.2 Å². The predicted octanol–water partition coefficient (Wildman–Crippen LogP) is 3.09. The van der Waals surface area contributed by atoms with Gasteiger partial charge >= 0.3 is 0 Å². The maximum Gasteiger partial charge on any atom is 0.275 e. The van der Waals surface area contributed by atoms with Gasteiger partial charge in [0.1, 0.15) is 10.8 Å². The van der Waals surface area contributed by atoms with Crippen molar-refractivity contribution in [1.82, 2.24) is 24.4 Å². The molecule has 0 N–H and O–H groups in total. The zero-order valence-corrected chi connectivity index (χ0v) is 19.9. The molecule has 1 saturated heterocycles. The van der Waals surface area contributed by atoms with E-state index in [9.17, 15) is 9.59 Å². The van der Waals surface area contributed by atoms with E-state index in [1.807, 2.05) is 36.1 Å². The Labute approximate surface area is 201 Å². The molecule has 0 saturated carbocycles. The lowest BCUT2D eigenvalue weighted by Gasteiger charge is -2.34. The Morgan fingerprint density at radius 1 is 1.06 bits per heavy atom. The fourth-order valence-corrected chi connectivity index (χ4v) is 5.13. The maximum atomic E-state index is 12.8. The lowest BCUT2D eigenvalue weighted by Crippen LogP contribution is -2.48. The molecule has 174 valence electrons. The van der Waals surface area contributed by atoms with Gasteiger partial charge in [-0.25, -0.2) is 4.98 Å². The molecule has 5 rings (SSSR count). The lowest BCUT2D eigenvalue weighted by molar-refractivity contribution is 0.0627. The Hall–Kier alpha value is -3.56. The van der Waals surface area contributed by atoms with Crippen molar-refractivity contribution in [2.75, 3.05) is 33.3 Å². The number of aryl methyl sites for hydroxylation is 1. The van der Waals surface area contributed by atoms with Gasteiger partial charge in [-0.05, 0) is 36.8 Å².